The van der Waals surface area contributed by atoms with E-state index in [0.29, 0.717) is 57.9 Å². The van der Waals surface area contributed by atoms with Crippen molar-refractivity contribution in [3.8, 4) is 0 Å². The van der Waals surface area contributed by atoms with Crippen LogP contribution in [0.15, 0.2) is 0 Å². The van der Waals surface area contributed by atoms with Gasteiger partial charge < -0.3 is 75.0 Å². The first-order valence-corrected chi connectivity index (χ1v) is 15.5. The first-order valence-electron chi connectivity index (χ1n) is 15.5. The van der Waals surface area contributed by atoms with Gasteiger partial charge >= 0.3 is 0 Å². The Morgan fingerprint density at radius 1 is 0.711 bits per heavy atom. The normalized spacial score (nSPS) is 33.4. The summed E-state index contributed by atoms with van der Waals surface area (Å²) in [6.07, 6.45) is -9.35. The summed E-state index contributed by atoms with van der Waals surface area (Å²) in [6.45, 7) is -0.404. The van der Waals surface area contributed by atoms with Gasteiger partial charge in [-0.3, -0.25) is 10.1 Å². The van der Waals surface area contributed by atoms with Crippen LogP contribution in [0.1, 0.15) is 57.8 Å². The molecule has 45 heavy (non-hydrogen) atoms. The number of aliphatic hydroxyl groups is 9. The smallest absolute Gasteiger partial charge is 0.219 e. The average Bonchev–Trinajstić information content (AvgIpc) is 3.03. The molecule has 0 bridgehead atoms. The molecular weight excluding hydrogens is 604 g/mol. The van der Waals surface area contributed by atoms with E-state index in [4.69, 9.17) is 18.9 Å². The van der Waals surface area contributed by atoms with Crippen molar-refractivity contribution in [2.24, 2.45) is 0 Å². The highest BCUT2D eigenvalue weighted by molar-refractivity contribution is 5.75. The van der Waals surface area contributed by atoms with Crippen LogP contribution in [0.25, 0.3) is 0 Å². The number of hydrogen-bond donors (Lipinski definition) is 11. The molecule has 2 rings (SSSR count). The molecule has 0 spiro atoms. The van der Waals surface area contributed by atoms with Crippen LogP contribution in [0.4, 0.5) is 0 Å². The van der Waals surface area contributed by atoms with Gasteiger partial charge in [0.2, 0.25) is 5.91 Å². The molecule has 0 aromatic rings. The molecule has 0 radical (unpaired) electrons. The van der Waals surface area contributed by atoms with Crippen molar-refractivity contribution in [1.29, 1.82) is 0 Å². The Morgan fingerprint density at radius 2 is 1.22 bits per heavy atom. The highest BCUT2D eigenvalue weighted by Crippen LogP contribution is 2.23. The van der Waals surface area contributed by atoms with Crippen molar-refractivity contribution < 1.29 is 74.5 Å². The van der Waals surface area contributed by atoms with Gasteiger partial charge in [-0.05, 0) is 51.4 Å². The molecule has 2 aliphatic heterocycles. The number of carbonyl (C=O) groups is 2. The molecule has 2 fully saturated rings. The minimum absolute atomic E-state index is 0.133. The second-order valence-electron chi connectivity index (χ2n) is 11.4. The van der Waals surface area contributed by atoms with E-state index in [1.807, 2.05) is 0 Å². The topological polar surface area (TPSA) is 277 Å². The van der Waals surface area contributed by atoms with Crippen LogP contribution in [0.3, 0.4) is 0 Å². The van der Waals surface area contributed by atoms with Crippen LogP contribution >= 0.6 is 0 Å². The monoisotopic (exact) mass is 656 g/mol. The van der Waals surface area contributed by atoms with Crippen molar-refractivity contribution in [1.82, 2.24) is 10.6 Å². The number of hydrogen-bond acceptors (Lipinski definition) is 16. The summed E-state index contributed by atoms with van der Waals surface area (Å²) in [5.41, 5.74) is 0. The SMILES string of the molecule is O=CC(CCCCNC(=O)CCCCOC1OC(CO)C(O)C(O)C1O)NC(O)CCCCOC1OC(CO)C(O)C(O)C1O. The third-order valence-electron chi connectivity index (χ3n) is 7.77. The van der Waals surface area contributed by atoms with E-state index >= 15 is 0 Å². The summed E-state index contributed by atoms with van der Waals surface area (Å²) in [4.78, 5) is 23.5. The fourth-order valence-corrected chi connectivity index (χ4v) is 4.96. The quantitative estimate of drug-likeness (QED) is 0.0299. The van der Waals surface area contributed by atoms with Gasteiger partial charge in [-0.1, -0.05) is 0 Å². The average molecular weight is 657 g/mol. The first kappa shape index (κ1) is 39.8. The maximum atomic E-state index is 12.1. The van der Waals surface area contributed by atoms with E-state index in [9.17, 15) is 55.5 Å². The van der Waals surface area contributed by atoms with Crippen LogP contribution in [0.5, 0.6) is 0 Å². The molecule has 0 aromatic carbocycles. The lowest BCUT2D eigenvalue weighted by Gasteiger charge is -2.39. The fourth-order valence-electron chi connectivity index (χ4n) is 4.96. The summed E-state index contributed by atoms with van der Waals surface area (Å²) in [5.74, 6) is -0.154. The zero-order valence-corrected chi connectivity index (χ0v) is 25.4. The second kappa shape index (κ2) is 21.5. The summed E-state index contributed by atoms with van der Waals surface area (Å²) < 4.78 is 21.3. The zero-order chi connectivity index (χ0) is 33.4. The van der Waals surface area contributed by atoms with Crippen LogP contribution in [0, 0.1) is 0 Å². The number of aliphatic hydroxyl groups excluding tert-OH is 9. The Labute approximate surface area is 262 Å². The zero-order valence-electron chi connectivity index (χ0n) is 25.4. The molecule has 1 amide bonds. The molecule has 12 atom stereocenters. The predicted molar refractivity (Wildman–Crippen MR) is 153 cm³/mol. The van der Waals surface area contributed by atoms with Gasteiger partial charge in [-0.25, -0.2) is 0 Å². The Balaban J connectivity index is 1.48. The summed E-state index contributed by atoms with van der Waals surface area (Å²) in [5, 5.41) is 93.3. The van der Waals surface area contributed by atoms with Crippen molar-refractivity contribution in [3.63, 3.8) is 0 Å². The van der Waals surface area contributed by atoms with E-state index in [1.54, 1.807) is 0 Å². The number of ether oxygens (including phenoxy) is 4. The highest BCUT2D eigenvalue weighted by atomic mass is 16.7. The molecule has 0 aromatic heterocycles. The number of carbonyl (C=O) groups excluding carboxylic acids is 2. The Bertz CT molecular complexity index is 825. The van der Waals surface area contributed by atoms with Gasteiger partial charge in [0, 0.05) is 26.2 Å². The lowest BCUT2D eigenvalue weighted by Crippen LogP contribution is -2.59. The largest absolute Gasteiger partial charge is 0.394 e. The van der Waals surface area contributed by atoms with E-state index in [0.717, 1.165) is 6.29 Å². The number of amides is 1. The molecule has 264 valence electrons. The first-order chi connectivity index (χ1) is 21.5. The molecule has 17 heteroatoms. The van der Waals surface area contributed by atoms with E-state index in [1.165, 1.54) is 0 Å². The lowest BCUT2D eigenvalue weighted by molar-refractivity contribution is -0.301. The molecule has 12 unspecified atom stereocenters. The Kier molecular flexibility index (Phi) is 19.0. The molecule has 2 aliphatic rings. The third kappa shape index (κ3) is 13.3. The predicted octanol–water partition coefficient (Wildman–Crippen LogP) is -4.28. The van der Waals surface area contributed by atoms with Gasteiger partial charge in [0.1, 0.15) is 61.3 Å². The number of rotatable bonds is 22. The van der Waals surface area contributed by atoms with Crippen LogP contribution in [-0.2, 0) is 28.5 Å². The van der Waals surface area contributed by atoms with Crippen molar-refractivity contribution >= 4 is 12.2 Å². The molecule has 0 saturated carbocycles. The van der Waals surface area contributed by atoms with Gasteiger partial charge in [0.25, 0.3) is 0 Å². The maximum absolute atomic E-state index is 12.1. The highest BCUT2D eigenvalue weighted by Gasteiger charge is 2.45. The van der Waals surface area contributed by atoms with Gasteiger partial charge in [-0.2, -0.15) is 0 Å². The Morgan fingerprint density at radius 3 is 1.73 bits per heavy atom. The van der Waals surface area contributed by atoms with Gasteiger partial charge in [-0.15, -0.1) is 0 Å². The lowest BCUT2D eigenvalue weighted by atomic mass is 9.99. The van der Waals surface area contributed by atoms with Gasteiger partial charge in [0.05, 0.1) is 19.3 Å². The van der Waals surface area contributed by atoms with Crippen molar-refractivity contribution in [3.05, 3.63) is 0 Å². The van der Waals surface area contributed by atoms with Crippen molar-refractivity contribution in [2.75, 3.05) is 33.0 Å². The minimum atomic E-state index is -1.52. The molecule has 0 aliphatic carbocycles. The minimum Gasteiger partial charge on any atom is -0.394 e. The molecule has 17 nitrogen and oxygen atoms in total. The number of unbranched alkanes of at least 4 members (excludes halogenated alkanes) is 3. The Hall–Kier alpha value is -1.42. The third-order valence-corrected chi connectivity index (χ3v) is 7.77. The van der Waals surface area contributed by atoms with Crippen LogP contribution in [-0.4, -0.2) is 165 Å². The molecule has 2 saturated heterocycles. The van der Waals surface area contributed by atoms with Crippen LogP contribution < -0.4 is 10.6 Å². The molecular formula is C28H52N2O15. The second-order valence-corrected chi connectivity index (χ2v) is 11.4. The number of nitrogens with one attached hydrogen (secondary N) is 2. The van der Waals surface area contributed by atoms with Crippen LogP contribution in [0.2, 0.25) is 0 Å². The van der Waals surface area contributed by atoms with E-state index in [2.05, 4.69) is 10.6 Å². The fraction of sp³-hybridized carbons (Fsp3) is 0.929. The molecule has 2 heterocycles. The van der Waals surface area contributed by atoms with E-state index < -0.39 is 86.9 Å². The molecule has 11 N–H and O–H groups in total. The van der Waals surface area contributed by atoms with Gasteiger partial charge in [0.15, 0.2) is 12.6 Å². The standard InChI is InChI=1S/C28H52N2O15/c31-13-16(30-20(35)9-3-6-12-43-28-26(41)24(39)22(37)18(15-33)45-28)7-1-4-10-29-19(34)8-2-5-11-42-27-25(40)23(38)21(36)17(14-32)44-27/h13,16-18,20-28,30,32-33,35-41H,1-12,14-15H2,(H,29,34). The summed E-state index contributed by atoms with van der Waals surface area (Å²) >= 11 is 0. The summed E-state index contributed by atoms with van der Waals surface area (Å²) in [6, 6.07) is -0.565. The maximum Gasteiger partial charge on any atom is 0.219 e. The summed E-state index contributed by atoms with van der Waals surface area (Å²) in [7, 11) is 0. The number of aldehydes is 1. The van der Waals surface area contributed by atoms with Crippen molar-refractivity contribution in [2.45, 2.75) is 131 Å². The van der Waals surface area contributed by atoms with E-state index in [-0.39, 0.29) is 25.5 Å².